The van der Waals surface area contributed by atoms with Crippen molar-refractivity contribution < 1.29 is 17.4 Å². The normalized spacial score (nSPS) is 10.8. The van der Waals surface area contributed by atoms with Gasteiger partial charge >= 0.3 is 0 Å². The third-order valence-corrected chi connectivity index (χ3v) is 3.90. The second-order valence-corrected chi connectivity index (χ2v) is 5.03. The third kappa shape index (κ3) is 1.75. The Balaban J connectivity index is 0.00000121. The Morgan fingerprint density at radius 1 is 0.700 bits per heavy atom. The molecule has 0 bridgehead atoms. The van der Waals surface area contributed by atoms with Gasteiger partial charge in [0.05, 0.1) is 10.8 Å². The van der Waals surface area contributed by atoms with E-state index in [2.05, 4.69) is 72.7 Å². The molecule has 0 atom stereocenters. The van der Waals surface area contributed by atoms with Gasteiger partial charge in [0, 0.05) is 10.8 Å². The molecule has 0 spiro atoms. The number of halogens is 1. The largest absolute Gasteiger partial charge is 1.00 e. The summed E-state index contributed by atoms with van der Waals surface area (Å²) in [6, 6.07) is 19.4. The number of hydrogen-bond acceptors (Lipinski definition) is 0. The Labute approximate surface area is 123 Å². The number of aromatic amines is 1. The number of fused-ring (bicyclic) bond motifs is 5. The highest BCUT2D eigenvalue weighted by Gasteiger charge is 2.10. The molecular formula is C18H14ClN. The zero-order chi connectivity index (χ0) is 12.8. The van der Waals surface area contributed by atoms with Gasteiger partial charge < -0.3 is 12.4 Å². The monoisotopic (exact) mass is 279 g/mol. The molecule has 1 heterocycles. The molecule has 0 saturated heterocycles. The van der Waals surface area contributed by atoms with Gasteiger partial charge in [0.1, 0.15) is 0 Å². The molecule has 4 aromatic rings. The number of benzene rings is 3. The smallest absolute Gasteiger partial charge is 0.219 e. The molecule has 98 valence electrons. The number of aromatic nitrogens is 1. The van der Waals surface area contributed by atoms with Crippen LogP contribution >= 0.6 is 0 Å². The van der Waals surface area contributed by atoms with Crippen molar-refractivity contribution in [3.05, 3.63) is 66.4 Å². The molecule has 20 heavy (non-hydrogen) atoms. The number of rotatable bonds is 0. The van der Waals surface area contributed by atoms with Crippen LogP contribution in [0.2, 0.25) is 0 Å². The first-order valence-electron chi connectivity index (χ1n) is 6.56. The second-order valence-electron chi connectivity index (χ2n) is 5.03. The van der Waals surface area contributed by atoms with Crippen LogP contribution in [0.4, 0.5) is 0 Å². The lowest BCUT2D eigenvalue weighted by atomic mass is 9.99. The number of aryl methyl sites for hydroxylation is 1. The van der Waals surface area contributed by atoms with E-state index >= 15 is 0 Å². The van der Waals surface area contributed by atoms with Crippen molar-refractivity contribution in [2.45, 2.75) is 6.92 Å². The Kier molecular flexibility index (Phi) is 3.07. The summed E-state index contributed by atoms with van der Waals surface area (Å²) in [7, 11) is 0. The van der Waals surface area contributed by atoms with E-state index < -0.39 is 0 Å². The first kappa shape index (κ1) is 12.9. The molecule has 0 radical (unpaired) electrons. The highest BCUT2D eigenvalue weighted by Crippen LogP contribution is 2.28. The van der Waals surface area contributed by atoms with Crippen LogP contribution in [0.5, 0.6) is 0 Å². The molecule has 0 amide bonds. The van der Waals surface area contributed by atoms with Gasteiger partial charge in [0.25, 0.3) is 0 Å². The highest BCUT2D eigenvalue weighted by atomic mass is 35.5. The number of nitrogens with one attached hydrogen (secondary N) is 1. The molecule has 4 rings (SSSR count). The molecule has 1 N–H and O–H groups in total. The minimum absolute atomic E-state index is 0. The average Bonchev–Trinajstić information content (AvgIpc) is 2.47. The van der Waals surface area contributed by atoms with Crippen molar-refractivity contribution in [2.75, 3.05) is 0 Å². The summed E-state index contributed by atoms with van der Waals surface area (Å²) in [5, 5.41) is 6.46. The number of pyridine rings is 1. The minimum Gasteiger partial charge on any atom is -1.00 e. The van der Waals surface area contributed by atoms with Crippen molar-refractivity contribution in [1.82, 2.24) is 0 Å². The lowest BCUT2D eigenvalue weighted by molar-refractivity contribution is -0.341. The number of hydrogen-bond donors (Lipinski definition) is 0. The molecule has 3 aromatic carbocycles. The van der Waals surface area contributed by atoms with E-state index in [0.29, 0.717) is 0 Å². The molecule has 1 aromatic heterocycles. The van der Waals surface area contributed by atoms with Crippen molar-refractivity contribution >= 4 is 32.4 Å². The molecule has 0 aliphatic rings. The Morgan fingerprint density at radius 3 is 2.30 bits per heavy atom. The maximum Gasteiger partial charge on any atom is 0.219 e. The van der Waals surface area contributed by atoms with E-state index in [1.54, 1.807) is 0 Å². The molecule has 0 unspecified atom stereocenters. The van der Waals surface area contributed by atoms with Gasteiger partial charge in [-0.05, 0) is 36.1 Å². The zero-order valence-electron chi connectivity index (χ0n) is 11.2. The Morgan fingerprint density at radius 2 is 1.40 bits per heavy atom. The van der Waals surface area contributed by atoms with Crippen LogP contribution in [0.15, 0.2) is 60.8 Å². The van der Waals surface area contributed by atoms with E-state index in [9.17, 15) is 0 Å². The maximum absolute atomic E-state index is 3.46. The van der Waals surface area contributed by atoms with Crippen LogP contribution in [0, 0.1) is 6.92 Å². The van der Waals surface area contributed by atoms with Crippen molar-refractivity contribution in [3.8, 4) is 0 Å². The molecule has 0 aliphatic heterocycles. The molecular weight excluding hydrogens is 266 g/mol. The summed E-state index contributed by atoms with van der Waals surface area (Å²) < 4.78 is 0. The summed E-state index contributed by atoms with van der Waals surface area (Å²) in [6.07, 6.45) is 2.10. The minimum atomic E-state index is 0. The lowest BCUT2D eigenvalue weighted by Gasteiger charge is -2.04. The van der Waals surface area contributed by atoms with E-state index in [0.717, 1.165) is 0 Å². The fraction of sp³-hybridized carbons (Fsp3) is 0.0556. The van der Waals surface area contributed by atoms with Gasteiger partial charge in [-0.3, -0.25) is 0 Å². The zero-order valence-corrected chi connectivity index (χ0v) is 11.9. The molecule has 2 heteroatoms. The molecule has 0 aliphatic carbocycles. The highest BCUT2D eigenvalue weighted by molar-refractivity contribution is 6.13. The third-order valence-electron chi connectivity index (χ3n) is 3.90. The molecule has 1 nitrogen and oxygen atoms in total. The summed E-state index contributed by atoms with van der Waals surface area (Å²) in [4.78, 5) is 3.46. The fourth-order valence-corrected chi connectivity index (χ4v) is 2.91. The van der Waals surface area contributed by atoms with Gasteiger partial charge in [-0.25, -0.2) is 4.98 Å². The standard InChI is InChI=1S/C18H13N.ClH/c1-12-5-4-8-16-14(12)9-10-17-15-7-3-2-6-13(15)11-19-18(16)17;/h2-11H,1H3;1H. The summed E-state index contributed by atoms with van der Waals surface area (Å²) in [5.41, 5.74) is 2.54. The van der Waals surface area contributed by atoms with E-state index in [-0.39, 0.29) is 12.4 Å². The van der Waals surface area contributed by atoms with E-state index in [1.807, 2.05) is 0 Å². The van der Waals surface area contributed by atoms with Crippen LogP contribution in [0.3, 0.4) is 0 Å². The van der Waals surface area contributed by atoms with Gasteiger partial charge in [-0.2, -0.15) is 0 Å². The van der Waals surface area contributed by atoms with Crippen LogP contribution in [-0.2, 0) is 0 Å². The van der Waals surface area contributed by atoms with Crippen LogP contribution in [-0.4, -0.2) is 0 Å². The summed E-state index contributed by atoms with van der Waals surface area (Å²) >= 11 is 0. The number of H-pyrrole nitrogens is 1. The summed E-state index contributed by atoms with van der Waals surface area (Å²) in [5.74, 6) is 0. The predicted molar refractivity (Wildman–Crippen MR) is 80.3 cm³/mol. The first-order chi connectivity index (χ1) is 9.34. The second kappa shape index (κ2) is 4.77. The van der Waals surface area contributed by atoms with Crippen molar-refractivity contribution in [3.63, 3.8) is 0 Å². The maximum atomic E-state index is 3.46. The first-order valence-corrected chi connectivity index (χ1v) is 6.56. The molecule has 0 fully saturated rings. The molecule has 0 saturated carbocycles. The van der Waals surface area contributed by atoms with Gasteiger partial charge in [0.2, 0.25) is 5.52 Å². The van der Waals surface area contributed by atoms with Crippen LogP contribution in [0.1, 0.15) is 5.56 Å². The van der Waals surface area contributed by atoms with Gasteiger partial charge in [0.15, 0.2) is 6.20 Å². The summed E-state index contributed by atoms with van der Waals surface area (Å²) in [6.45, 7) is 2.16. The van der Waals surface area contributed by atoms with Gasteiger partial charge in [-0.15, -0.1) is 0 Å². The van der Waals surface area contributed by atoms with Crippen molar-refractivity contribution in [2.24, 2.45) is 0 Å². The topological polar surface area (TPSA) is 14.1 Å². The lowest BCUT2D eigenvalue weighted by Crippen LogP contribution is -3.00. The van der Waals surface area contributed by atoms with Gasteiger partial charge in [-0.1, -0.05) is 36.4 Å². The fourth-order valence-electron chi connectivity index (χ4n) is 2.91. The average molecular weight is 280 g/mol. The van der Waals surface area contributed by atoms with E-state index in [4.69, 9.17) is 0 Å². The Bertz CT molecular complexity index is 928. The predicted octanol–water partition coefficient (Wildman–Crippen LogP) is 1.27. The SMILES string of the molecule is Cc1cccc2c1ccc1c3ccccc3c[nH+]c21.[Cl-]. The van der Waals surface area contributed by atoms with Crippen molar-refractivity contribution in [1.29, 1.82) is 0 Å². The van der Waals surface area contributed by atoms with E-state index in [1.165, 1.54) is 38.0 Å². The Hall–Kier alpha value is -2.12. The quantitative estimate of drug-likeness (QED) is 0.431. The van der Waals surface area contributed by atoms with Crippen LogP contribution < -0.4 is 17.4 Å². The van der Waals surface area contributed by atoms with Crippen LogP contribution in [0.25, 0.3) is 32.4 Å².